The molecule has 198 valence electrons. The highest BCUT2D eigenvalue weighted by Gasteiger charge is 2.50. The molecule has 0 spiro atoms. The largest absolute Gasteiger partial charge is 0.445 e. The molecule has 2 amide bonds. The van der Waals surface area contributed by atoms with E-state index in [0.717, 1.165) is 5.56 Å². The van der Waals surface area contributed by atoms with E-state index in [0.29, 0.717) is 13.0 Å². The first-order valence-electron chi connectivity index (χ1n) is 12.3. The number of aliphatic hydroxyl groups excluding tert-OH is 1. The number of aliphatic hydroxyl groups is 1. The molecule has 1 aromatic carbocycles. The van der Waals surface area contributed by atoms with E-state index in [1.54, 1.807) is 4.90 Å². The fraction of sp³-hybridized carbons (Fsp3) is 0.692. The molecule has 8 nitrogen and oxygen atoms in total. The molecule has 1 fully saturated rings. The molecule has 2 rings (SSSR count). The number of alkyl carbamates (subject to hydrolysis) is 1. The van der Waals surface area contributed by atoms with Gasteiger partial charge in [-0.3, -0.25) is 0 Å². The standard InChI is InChI=1S/C26H44N2O6Si/c1-24(2,3)34-23(31)28-15-14-26(28,16-21(29)18-33-35(7,8)25(4,5)6)19-27-22(30)32-17-20-12-10-9-11-13-20/h9-13,21,29H,14-19H2,1-8H3,(H,27,30). The highest BCUT2D eigenvalue weighted by molar-refractivity contribution is 6.74. The summed E-state index contributed by atoms with van der Waals surface area (Å²) in [6, 6.07) is 9.42. The molecule has 0 bridgehead atoms. The summed E-state index contributed by atoms with van der Waals surface area (Å²) in [6.07, 6.45) is -0.934. The monoisotopic (exact) mass is 508 g/mol. The number of nitrogens with zero attached hydrogens (tertiary/aromatic N) is 1. The molecule has 0 radical (unpaired) electrons. The second-order valence-corrected chi connectivity index (χ2v) is 16.8. The third kappa shape index (κ3) is 8.51. The van der Waals surface area contributed by atoms with Gasteiger partial charge in [-0.25, -0.2) is 9.59 Å². The van der Waals surface area contributed by atoms with Crippen molar-refractivity contribution in [3.8, 4) is 0 Å². The van der Waals surface area contributed by atoms with Crippen molar-refractivity contribution in [2.45, 2.75) is 96.4 Å². The van der Waals surface area contributed by atoms with Crippen LogP contribution in [0.4, 0.5) is 9.59 Å². The zero-order valence-electron chi connectivity index (χ0n) is 22.6. The van der Waals surface area contributed by atoms with E-state index >= 15 is 0 Å². The van der Waals surface area contributed by atoms with Gasteiger partial charge in [-0.05, 0) is 50.9 Å². The molecule has 1 heterocycles. The number of hydrogen-bond donors (Lipinski definition) is 2. The SMILES string of the molecule is CC(C)(C)OC(=O)N1CCC1(CNC(=O)OCc1ccccc1)CC(O)CO[Si](C)(C)C(C)(C)C. The number of benzene rings is 1. The zero-order valence-corrected chi connectivity index (χ0v) is 23.6. The van der Waals surface area contributed by atoms with Gasteiger partial charge in [0.05, 0.1) is 18.2 Å². The number of nitrogens with one attached hydrogen (secondary N) is 1. The van der Waals surface area contributed by atoms with E-state index in [-0.39, 0.29) is 31.2 Å². The average Bonchev–Trinajstić information content (AvgIpc) is 2.71. The molecule has 1 saturated heterocycles. The van der Waals surface area contributed by atoms with Crippen LogP contribution in [0.2, 0.25) is 18.1 Å². The van der Waals surface area contributed by atoms with Gasteiger partial charge in [0.1, 0.15) is 12.2 Å². The van der Waals surface area contributed by atoms with Crippen molar-refractivity contribution in [3.63, 3.8) is 0 Å². The second kappa shape index (κ2) is 11.3. The molecule has 1 aliphatic heterocycles. The average molecular weight is 509 g/mol. The first-order valence-corrected chi connectivity index (χ1v) is 15.2. The summed E-state index contributed by atoms with van der Waals surface area (Å²) in [7, 11) is -2.04. The summed E-state index contributed by atoms with van der Waals surface area (Å²) in [5.74, 6) is 0. The van der Waals surface area contributed by atoms with Gasteiger partial charge >= 0.3 is 12.2 Å². The number of hydrogen-bond acceptors (Lipinski definition) is 6. The predicted octanol–water partition coefficient (Wildman–Crippen LogP) is 5.07. The lowest BCUT2D eigenvalue weighted by molar-refractivity contribution is -0.0664. The third-order valence-electron chi connectivity index (χ3n) is 6.82. The minimum Gasteiger partial charge on any atom is -0.445 e. The van der Waals surface area contributed by atoms with Gasteiger partial charge in [-0.2, -0.15) is 0 Å². The summed E-state index contributed by atoms with van der Waals surface area (Å²) in [4.78, 5) is 26.9. The zero-order chi connectivity index (χ0) is 26.5. The first-order chi connectivity index (χ1) is 16.0. The normalized spacial score (nSPS) is 19.5. The lowest BCUT2D eigenvalue weighted by Gasteiger charge is -2.53. The number of amides is 2. The molecule has 0 aromatic heterocycles. The highest BCUT2D eigenvalue weighted by Crippen LogP contribution is 2.38. The van der Waals surface area contributed by atoms with Gasteiger partial charge in [0.15, 0.2) is 8.32 Å². The van der Waals surface area contributed by atoms with Gasteiger partial charge in [-0.15, -0.1) is 0 Å². The van der Waals surface area contributed by atoms with Crippen molar-refractivity contribution >= 4 is 20.5 Å². The fourth-order valence-corrected chi connectivity index (χ4v) is 4.68. The van der Waals surface area contributed by atoms with Gasteiger partial charge in [0, 0.05) is 19.5 Å². The van der Waals surface area contributed by atoms with E-state index in [1.807, 2.05) is 51.1 Å². The maximum absolute atomic E-state index is 12.9. The van der Waals surface area contributed by atoms with Crippen molar-refractivity contribution in [1.82, 2.24) is 10.2 Å². The molecule has 0 saturated carbocycles. The van der Waals surface area contributed by atoms with Crippen LogP contribution in [-0.4, -0.2) is 67.5 Å². The smallest absolute Gasteiger partial charge is 0.410 e. The van der Waals surface area contributed by atoms with Gasteiger partial charge in [0.25, 0.3) is 0 Å². The summed E-state index contributed by atoms with van der Waals surface area (Å²) >= 11 is 0. The van der Waals surface area contributed by atoms with Gasteiger partial charge in [-0.1, -0.05) is 51.1 Å². The summed E-state index contributed by atoms with van der Waals surface area (Å²) in [6.45, 7) is 17.1. The van der Waals surface area contributed by atoms with Crippen molar-refractivity contribution in [1.29, 1.82) is 0 Å². The van der Waals surface area contributed by atoms with Crippen LogP contribution in [0.1, 0.15) is 59.9 Å². The number of likely N-dealkylation sites (tertiary alicyclic amines) is 1. The van der Waals surface area contributed by atoms with E-state index in [9.17, 15) is 14.7 Å². The van der Waals surface area contributed by atoms with Crippen LogP contribution >= 0.6 is 0 Å². The summed E-state index contributed by atoms with van der Waals surface area (Å²) in [5.41, 5.74) is -0.538. The molecule has 2 N–H and O–H groups in total. The highest BCUT2D eigenvalue weighted by atomic mass is 28.4. The van der Waals surface area contributed by atoms with Crippen molar-refractivity contribution in [3.05, 3.63) is 35.9 Å². The molecule has 35 heavy (non-hydrogen) atoms. The van der Waals surface area contributed by atoms with E-state index in [1.165, 1.54) is 0 Å². The Kier molecular flexibility index (Phi) is 9.41. The Morgan fingerprint density at radius 2 is 1.77 bits per heavy atom. The Hall–Kier alpha value is -2.10. The quantitative estimate of drug-likeness (QED) is 0.452. The molecule has 1 aliphatic rings. The van der Waals surface area contributed by atoms with E-state index in [2.05, 4.69) is 39.2 Å². The van der Waals surface area contributed by atoms with Crippen LogP contribution in [-0.2, 0) is 20.5 Å². The van der Waals surface area contributed by atoms with E-state index < -0.39 is 37.7 Å². The lowest BCUT2D eigenvalue weighted by Crippen LogP contribution is -2.68. The third-order valence-corrected chi connectivity index (χ3v) is 11.3. The molecule has 1 aromatic rings. The van der Waals surface area contributed by atoms with Crippen LogP contribution in [0.25, 0.3) is 0 Å². The topological polar surface area (TPSA) is 97.3 Å². The van der Waals surface area contributed by atoms with Crippen molar-refractivity contribution < 1.29 is 28.6 Å². The Bertz CT molecular complexity index is 850. The summed E-state index contributed by atoms with van der Waals surface area (Å²) < 4.78 is 17.1. The molecular weight excluding hydrogens is 464 g/mol. The van der Waals surface area contributed by atoms with Crippen molar-refractivity contribution in [2.75, 3.05) is 19.7 Å². The minimum atomic E-state index is -2.04. The van der Waals surface area contributed by atoms with Gasteiger partial charge < -0.3 is 29.2 Å². The first kappa shape index (κ1) is 29.1. The second-order valence-electron chi connectivity index (χ2n) is 12.0. The van der Waals surface area contributed by atoms with Crippen LogP contribution < -0.4 is 5.32 Å². The Labute approximate surface area is 211 Å². The van der Waals surface area contributed by atoms with Crippen LogP contribution in [0.5, 0.6) is 0 Å². The van der Waals surface area contributed by atoms with Crippen molar-refractivity contribution in [2.24, 2.45) is 0 Å². The maximum atomic E-state index is 12.9. The van der Waals surface area contributed by atoms with E-state index in [4.69, 9.17) is 13.9 Å². The number of ether oxygens (including phenoxy) is 2. The molecule has 2 atom stereocenters. The van der Waals surface area contributed by atoms with Gasteiger partial charge in [0.2, 0.25) is 0 Å². The Morgan fingerprint density at radius 3 is 2.29 bits per heavy atom. The van der Waals surface area contributed by atoms with Crippen LogP contribution in [0.3, 0.4) is 0 Å². The Morgan fingerprint density at radius 1 is 1.14 bits per heavy atom. The number of rotatable bonds is 9. The summed E-state index contributed by atoms with van der Waals surface area (Å²) in [5, 5.41) is 13.7. The molecule has 9 heteroatoms. The lowest BCUT2D eigenvalue weighted by atomic mass is 9.80. The van der Waals surface area contributed by atoms with Crippen LogP contribution in [0.15, 0.2) is 30.3 Å². The predicted molar refractivity (Wildman–Crippen MR) is 139 cm³/mol. The number of carbonyl (C=O) groups is 2. The maximum Gasteiger partial charge on any atom is 0.410 e. The fourth-order valence-electron chi connectivity index (χ4n) is 3.64. The Balaban J connectivity index is 2.05. The van der Waals surface area contributed by atoms with Crippen LogP contribution in [0, 0.1) is 0 Å². The molecule has 2 unspecified atom stereocenters. The number of carbonyl (C=O) groups excluding carboxylic acids is 2. The molecule has 0 aliphatic carbocycles. The molecular formula is C26H44N2O6Si. The minimum absolute atomic E-state index is 0.0213.